The van der Waals surface area contributed by atoms with Crippen molar-refractivity contribution in [3.8, 4) is 0 Å². The Labute approximate surface area is 307 Å². The minimum atomic E-state index is -2.78. The van der Waals surface area contributed by atoms with Crippen LogP contribution in [-0.4, -0.2) is 47.7 Å². The molecule has 2 aromatic carbocycles. The molecule has 0 heterocycles. The van der Waals surface area contributed by atoms with Crippen LogP contribution < -0.4 is 10.4 Å². The van der Waals surface area contributed by atoms with Gasteiger partial charge >= 0.3 is 5.97 Å². The number of methoxy groups -OCH3 is 1. The SMILES string of the molecule is CCCCC[C@@H](/C=C/[C@H]1[C@H](O[Si](C)(C)C(C)(C)C)CC(=O)[C@@H]1CCCCCCC(=O)OC)O[Si](c1ccccc1)(c1ccccc1)C(C)(C)C. The van der Waals surface area contributed by atoms with E-state index in [0.717, 1.165) is 57.8 Å². The lowest BCUT2D eigenvalue weighted by Crippen LogP contribution is -2.67. The van der Waals surface area contributed by atoms with Crippen molar-refractivity contribution < 1.29 is 23.2 Å². The number of carbonyl (C=O) groups excluding carboxylic acids is 2. The number of esters is 1. The Kier molecular flexibility index (Phi) is 16.0. The molecule has 0 radical (unpaired) electrons. The monoisotopic (exact) mass is 720 g/mol. The maximum absolute atomic E-state index is 13.8. The molecule has 1 fully saturated rings. The third kappa shape index (κ3) is 11.1. The molecule has 3 rings (SSSR count). The minimum Gasteiger partial charge on any atom is -0.469 e. The fourth-order valence-electron chi connectivity index (χ4n) is 7.30. The van der Waals surface area contributed by atoms with E-state index in [1.54, 1.807) is 0 Å². The first-order valence-electron chi connectivity index (χ1n) is 19.3. The number of ether oxygens (including phenoxy) is 1. The van der Waals surface area contributed by atoms with Crippen molar-refractivity contribution in [2.24, 2.45) is 11.8 Å². The molecule has 1 aliphatic carbocycles. The Morgan fingerprint density at radius 2 is 1.42 bits per heavy atom. The van der Waals surface area contributed by atoms with Crippen LogP contribution >= 0.6 is 0 Å². The Bertz CT molecular complexity index is 1300. The summed E-state index contributed by atoms with van der Waals surface area (Å²) in [7, 11) is -3.46. The Morgan fingerprint density at radius 1 is 0.840 bits per heavy atom. The van der Waals surface area contributed by atoms with Crippen molar-refractivity contribution in [3.05, 3.63) is 72.8 Å². The predicted octanol–water partition coefficient (Wildman–Crippen LogP) is 10.2. The van der Waals surface area contributed by atoms with Gasteiger partial charge in [0.15, 0.2) is 8.32 Å². The zero-order valence-electron chi connectivity index (χ0n) is 33.1. The molecule has 1 saturated carbocycles. The number of hydrogen-bond acceptors (Lipinski definition) is 5. The van der Waals surface area contributed by atoms with Gasteiger partial charge in [-0.1, -0.05) is 160 Å². The average molecular weight is 721 g/mol. The number of rotatable bonds is 19. The van der Waals surface area contributed by atoms with Crippen molar-refractivity contribution in [1.82, 2.24) is 0 Å². The number of Topliss-reactive ketones (excluding diaryl/α,β-unsaturated/α-hetero) is 1. The maximum Gasteiger partial charge on any atom is 0.305 e. The smallest absolute Gasteiger partial charge is 0.305 e. The molecular weight excluding hydrogens is 653 g/mol. The molecule has 50 heavy (non-hydrogen) atoms. The average Bonchev–Trinajstić information content (AvgIpc) is 3.35. The van der Waals surface area contributed by atoms with E-state index in [1.165, 1.54) is 17.5 Å². The Balaban J connectivity index is 2.01. The summed E-state index contributed by atoms with van der Waals surface area (Å²) in [4.78, 5) is 25.4. The summed E-state index contributed by atoms with van der Waals surface area (Å²) >= 11 is 0. The first kappa shape index (κ1) is 42.1. The van der Waals surface area contributed by atoms with E-state index in [2.05, 4.69) is 134 Å². The van der Waals surface area contributed by atoms with Gasteiger partial charge in [-0.05, 0) is 52.8 Å². The van der Waals surface area contributed by atoms with Crippen LogP contribution in [0.15, 0.2) is 72.8 Å². The third-order valence-corrected chi connectivity index (χ3v) is 20.8. The summed E-state index contributed by atoms with van der Waals surface area (Å²) in [5.74, 6) is 0.128. The summed E-state index contributed by atoms with van der Waals surface area (Å²) in [6, 6.07) is 21.8. The van der Waals surface area contributed by atoms with Crippen molar-refractivity contribution in [2.75, 3.05) is 7.11 Å². The van der Waals surface area contributed by atoms with Crippen LogP contribution in [0.1, 0.15) is 119 Å². The fraction of sp³-hybridized carbons (Fsp3) is 0.628. The van der Waals surface area contributed by atoms with Gasteiger partial charge in [0.25, 0.3) is 8.32 Å². The predicted molar refractivity (Wildman–Crippen MR) is 214 cm³/mol. The molecule has 0 bridgehead atoms. The van der Waals surface area contributed by atoms with E-state index in [-0.39, 0.29) is 40.1 Å². The molecule has 0 N–H and O–H groups in total. The minimum absolute atomic E-state index is 0.0168. The molecule has 0 aliphatic heterocycles. The number of carbonyl (C=O) groups is 2. The van der Waals surface area contributed by atoms with Gasteiger partial charge < -0.3 is 13.6 Å². The Morgan fingerprint density at radius 3 is 1.94 bits per heavy atom. The summed E-state index contributed by atoms with van der Waals surface area (Å²) in [6.45, 7) is 20.7. The molecule has 1 aliphatic rings. The molecule has 278 valence electrons. The van der Waals surface area contributed by atoms with E-state index < -0.39 is 16.6 Å². The van der Waals surface area contributed by atoms with Crippen molar-refractivity contribution in [2.45, 2.75) is 154 Å². The fourth-order valence-corrected chi connectivity index (χ4v) is 13.3. The Hall–Kier alpha value is -2.33. The van der Waals surface area contributed by atoms with E-state index in [0.29, 0.717) is 18.6 Å². The van der Waals surface area contributed by atoms with E-state index in [4.69, 9.17) is 13.6 Å². The first-order valence-corrected chi connectivity index (χ1v) is 24.1. The van der Waals surface area contributed by atoms with Crippen LogP contribution in [0.4, 0.5) is 0 Å². The van der Waals surface area contributed by atoms with Crippen LogP contribution in [0.2, 0.25) is 23.2 Å². The zero-order valence-corrected chi connectivity index (χ0v) is 35.1. The molecule has 0 aromatic heterocycles. The number of unbranched alkanes of at least 4 members (excludes halogenated alkanes) is 5. The molecule has 4 atom stereocenters. The van der Waals surface area contributed by atoms with Crippen LogP contribution in [-0.2, 0) is 23.2 Å². The van der Waals surface area contributed by atoms with Crippen LogP contribution in [0.3, 0.4) is 0 Å². The van der Waals surface area contributed by atoms with Gasteiger partial charge in [0.05, 0.1) is 19.3 Å². The summed E-state index contributed by atoms with van der Waals surface area (Å²) in [6.07, 6.45) is 14.3. The first-order chi connectivity index (χ1) is 23.6. The molecule has 0 amide bonds. The topological polar surface area (TPSA) is 61.8 Å². The van der Waals surface area contributed by atoms with Crippen LogP contribution in [0.5, 0.6) is 0 Å². The summed E-state index contributed by atoms with van der Waals surface area (Å²) in [5, 5.41) is 2.50. The van der Waals surface area contributed by atoms with Gasteiger partial charge in [-0.15, -0.1) is 0 Å². The van der Waals surface area contributed by atoms with Gasteiger partial charge in [0, 0.05) is 24.7 Å². The zero-order chi connectivity index (χ0) is 37.0. The van der Waals surface area contributed by atoms with Crippen molar-refractivity contribution in [3.63, 3.8) is 0 Å². The van der Waals surface area contributed by atoms with Crippen LogP contribution in [0, 0.1) is 11.8 Å². The highest BCUT2D eigenvalue weighted by Crippen LogP contribution is 2.44. The number of benzene rings is 2. The number of ketones is 1. The van der Waals surface area contributed by atoms with E-state index in [1.807, 2.05) is 0 Å². The molecule has 0 unspecified atom stereocenters. The lowest BCUT2D eigenvalue weighted by molar-refractivity contribution is -0.140. The molecule has 0 spiro atoms. The highest BCUT2D eigenvalue weighted by molar-refractivity contribution is 6.99. The second kappa shape index (κ2) is 19.0. The van der Waals surface area contributed by atoms with Gasteiger partial charge in [0.1, 0.15) is 5.78 Å². The highest BCUT2D eigenvalue weighted by Gasteiger charge is 2.51. The van der Waals surface area contributed by atoms with Gasteiger partial charge in [-0.3, -0.25) is 9.59 Å². The second-order valence-corrected chi connectivity index (χ2v) is 26.0. The van der Waals surface area contributed by atoms with Gasteiger partial charge in [-0.25, -0.2) is 0 Å². The normalized spacial score (nSPS) is 19.6. The van der Waals surface area contributed by atoms with E-state index >= 15 is 0 Å². The molecule has 5 nitrogen and oxygen atoms in total. The quantitative estimate of drug-likeness (QED) is 0.0626. The van der Waals surface area contributed by atoms with Crippen LogP contribution in [0.25, 0.3) is 0 Å². The molecular formula is C43H68O5Si2. The lowest BCUT2D eigenvalue weighted by Gasteiger charge is -2.45. The summed E-state index contributed by atoms with van der Waals surface area (Å²) in [5.41, 5.74) is 0. The van der Waals surface area contributed by atoms with Crippen molar-refractivity contribution in [1.29, 1.82) is 0 Å². The largest absolute Gasteiger partial charge is 0.469 e. The van der Waals surface area contributed by atoms with Gasteiger partial charge in [0.2, 0.25) is 0 Å². The molecule has 0 saturated heterocycles. The number of hydrogen-bond donors (Lipinski definition) is 0. The molecule has 7 heteroatoms. The molecule has 2 aromatic rings. The second-order valence-electron chi connectivity index (χ2n) is 17.0. The summed E-state index contributed by atoms with van der Waals surface area (Å²) < 4.78 is 19.6. The third-order valence-electron chi connectivity index (χ3n) is 11.2. The van der Waals surface area contributed by atoms with E-state index in [9.17, 15) is 9.59 Å². The van der Waals surface area contributed by atoms with Gasteiger partial charge in [-0.2, -0.15) is 0 Å². The lowest BCUT2D eigenvalue weighted by atomic mass is 9.88. The standard InChI is InChI=1S/C43H68O5Si2/c1-11-12-17-24-34(47-50(43(5,6)7,35-25-18-15-19-26-35)36-27-20-16-21-28-36)31-32-38-37(29-22-13-14-23-30-41(45)46-8)39(44)33-40(38)48-49(9,10)42(2,3)4/h15-16,18-21,25-28,31-32,34,37-38,40H,11-14,17,22-24,29-30,33H2,1-10H3/b32-31+/t34-,37+,38+,40+/m0/s1. The van der Waals surface area contributed by atoms with Crippen molar-refractivity contribution >= 4 is 38.8 Å². The maximum atomic E-state index is 13.8. The highest BCUT2D eigenvalue weighted by atomic mass is 28.4.